The van der Waals surface area contributed by atoms with Crippen LogP contribution in [0.4, 0.5) is 23.2 Å². The van der Waals surface area contributed by atoms with Crippen LogP contribution >= 0.6 is 0 Å². The number of benzene rings is 2. The number of methoxy groups -OCH3 is 1. The van der Waals surface area contributed by atoms with Crippen molar-refractivity contribution < 1.29 is 41.4 Å². The van der Waals surface area contributed by atoms with Gasteiger partial charge in [-0.05, 0) is 49.6 Å². The van der Waals surface area contributed by atoms with Crippen LogP contribution in [0.25, 0.3) is 11.1 Å². The van der Waals surface area contributed by atoms with Gasteiger partial charge in [0.2, 0.25) is 11.8 Å². The lowest BCUT2D eigenvalue weighted by molar-refractivity contribution is -0.274. The topological polar surface area (TPSA) is 86.8 Å². The highest BCUT2D eigenvalue weighted by Gasteiger charge is 2.53. The van der Waals surface area contributed by atoms with Crippen LogP contribution in [-0.4, -0.2) is 36.9 Å². The molecule has 1 aliphatic rings. The van der Waals surface area contributed by atoms with E-state index in [1.807, 2.05) is 6.92 Å². The van der Waals surface area contributed by atoms with Crippen LogP contribution < -0.4 is 14.8 Å². The molecule has 1 aromatic heterocycles. The lowest BCUT2D eigenvalue weighted by Gasteiger charge is -2.18. The van der Waals surface area contributed by atoms with Crippen molar-refractivity contribution in [3.05, 3.63) is 71.7 Å². The third kappa shape index (κ3) is 5.65. The molecule has 194 valence electrons. The maximum atomic E-state index is 14.7. The number of hydrogen-bond acceptors (Lipinski definition) is 6. The maximum Gasteiger partial charge on any atom is 0.573 e. The van der Waals surface area contributed by atoms with Crippen molar-refractivity contribution in [2.45, 2.75) is 31.5 Å². The quantitative estimate of drug-likeness (QED) is 0.307. The molecule has 0 unspecified atom stereocenters. The average molecular weight is 518 g/mol. The van der Waals surface area contributed by atoms with Gasteiger partial charge < -0.3 is 19.5 Å². The molecule has 2 aromatic carbocycles. The molecule has 1 aliphatic carbocycles. The minimum Gasteiger partial charge on any atom is -0.478 e. The highest BCUT2D eigenvalue weighted by atomic mass is 19.4. The highest BCUT2D eigenvalue weighted by molar-refractivity contribution is 6.04. The fourth-order valence-corrected chi connectivity index (χ4v) is 4.00. The maximum absolute atomic E-state index is 14.7. The van der Waals surface area contributed by atoms with Crippen LogP contribution in [0.2, 0.25) is 0 Å². The first-order valence-electron chi connectivity index (χ1n) is 11.2. The van der Waals surface area contributed by atoms with Crippen molar-refractivity contribution in [2.24, 2.45) is 0 Å². The largest absolute Gasteiger partial charge is 0.573 e. The summed E-state index contributed by atoms with van der Waals surface area (Å²) in [5, 5.41) is 2.69. The van der Waals surface area contributed by atoms with E-state index in [2.05, 4.69) is 15.0 Å². The summed E-state index contributed by atoms with van der Waals surface area (Å²) >= 11 is 0. The van der Waals surface area contributed by atoms with Gasteiger partial charge in [0.05, 0.1) is 24.7 Å². The monoisotopic (exact) mass is 518 g/mol. The minimum absolute atomic E-state index is 0.0372. The number of carbonyl (C=O) groups excluding carboxylic acids is 2. The molecule has 0 saturated heterocycles. The van der Waals surface area contributed by atoms with Crippen LogP contribution in [0.3, 0.4) is 0 Å². The van der Waals surface area contributed by atoms with Gasteiger partial charge >= 0.3 is 12.3 Å². The number of nitrogens with zero attached hydrogens (tertiary/aromatic N) is 1. The number of esters is 1. The second-order valence-electron chi connectivity index (χ2n) is 8.30. The Morgan fingerprint density at radius 2 is 1.84 bits per heavy atom. The lowest BCUT2D eigenvalue weighted by atomic mass is 9.93. The normalized spacial score (nSPS) is 14.0. The third-order valence-electron chi connectivity index (χ3n) is 5.90. The van der Waals surface area contributed by atoms with Crippen molar-refractivity contribution in [2.75, 3.05) is 19.0 Å². The fourth-order valence-electron chi connectivity index (χ4n) is 4.00. The fraction of sp³-hybridized carbons (Fsp3) is 0.269. The molecule has 0 spiro atoms. The van der Waals surface area contributed by atoms with E-state index >= 15 is 0 Å². The zero-order valence-corrected chi connectivity index (χ0v) is 19.8. The summed E-state index contributed by atoms with van der Waals surface area (Å²) < 4.78 is 66.0. The van der Waals surface area contributed by atoms with Gasteiger partial charge in [-0.3, -0.25) is 4.79 Å². The number of pyridine rings is 1. The number of anilines is 1. The first kappa shape index (κ1) is 25.9. The van der Waals surface area contributed by atoms with Gasteiger partial charge in [-0.2, -0.15) is 0 Å². The zero-order valence-electron chi connectivity index (χ0n) is 19.8. The summed E-state index contributed by atoms with van der Waals surface area (Å²) in [6, 6.07) is 10.7. The third-order valence-corrected chi connectivity index (χ3v) is 5.90. The Kier molecular flexibility index (Phi) is 7.06. The predicted octanol–water partition coefficient (Wildman–Crippen LogP) is 5.64. The van der Waals surface area contributed by atoms with Crippen LogP contribution in [0.1, 0.15) is 35.7 Å². The summed E-state index contributed by atoms with van der Waals surface area (Å²) in [6.45, 7) is 2.28. The summed E-state index contributed by atoms with van der Waals surface area (Å²) in [5.74, 6) is -2.47. The smallest absolute Gasteiger partial charge is 0.478 e. The number of nitrogens with one attached hydrogen (secondary N) is 1. The number of hydrogen-bond donors (Lipinski definition) is 1. The lowest BCUT2D eigenvalue weighted by Crippen LogP contribution is -2.29. The molecule has 0 aliphatic heterocycles. The van der Waals surface area contributed by atoms with E-state index in [-0.39, 0.29) is 16.8 Å². The highest BCUT2D eigenvalue weighted by Crippen LogP contribution is 2.50. The number of amides is 1. The van der Waals surface area contributed by atoms with Gasteiger partial charge in [0.25, 0.3) is 0 Å². The van der Waals surface area contributed by atoms with Gasteiger partial charge in [0, 0.05) is 35.1 Å². The van der Waals surface area contributed by atoms with Gasteiger partial charge in [0.1, 0.15) is 11.6 Å². The van der Waals surface area contributed by atoms with Crippen LogP contribution in [0.15, 0.2) is 54.7 Å². The van der Waals surface area contributed by atoms with E-state index in [0.29, 0.717) is 42.5 Å². The van der Waals surface area contributed by atoms with Crippen molar-refractivity contribution in [3.63, 3.8) is 0 Å². The SMILES string of the molecule is CCOc1ccc(-c2ccc(NC(=O)C3(c4ccc(OC(F)(F)F)cc4F)CC3)cc2C(=O)OC)cn1. The number of ether oxygens (including phenoxy) is 3. The number of carbonyl (C=O) groups is 2. The minimum atomic E-state index is -4.96. The van der Waals surface area contributed by atoms with Crippen molar-refractivity contribution in [1.82, 2.24) is 4.98 Å². The zero-order chi connectivity index (χ0) is 26.8. The molecule has 1 saturated carbocycles. The summed E-state index contributed by atoms with van der Waals surface area (Å²) in [7, 11) is 1.22. The Labute approximate surface area is 209 Å². The Balaban J connectivity index is 1.58. The van der Waals surface area contributed by atoms with Crippen LogP contribution in [0, 0.1) is 5.82 Å². The van der Waals surface area contributed by atoms with Crippen LogP contribution in [-0.2, 0) is 14.9 Å². The Morgan fingerprint density at radius 3 is 2.41 bits per heavy atom. The van der Waals surface area contributed by atoms with Gasteiger partial charge in [-0.15, -0.1) is 13.2 Å². The van der Waals surface area contributed by atoms with Crippen molar-refractivity contribution in [1.29, 1.82) is 0 Å². The van der Waals surface area contributed by atoms with E-state index in [1.54, 1.807) is 30.5 Å². The van der Waals surface area contributed by atoms with E-state index in [1.165, 1.54) is 13.2 Å². The summed E-state index contributed by atoms with van der Waals surface area (Å²) in [4.78, 5) is 29.8. The molecule has 0 bridgehead atoms. The predicted molar refractivity (Wildman–Crippen MR) is 125 cm³/mol. The van der Waals surface area contributed by atoms with Gasteiger partial charge in [-0.1, -0.05) is 12.1 Å². The average Bonchev–Trinajstić information content (AvgIpc) is 3.65. The molecule has 37 heavy (non-hydrogen) atoms. The Morgan fingerprint density at radius 1 is 1.08 bits per heavy atom. The molecule has 11 heteroatoms. The molecule has 3 aromatic rings. The Bertz CT molecular complexity index is 1320. The molecule has 7 nitrogen and oxygen atoms in total. The Hall–Kier alpha value is -4.15. The second-order valence-corrected chi connectivity index (χ2v) is 8.30. The molecule has 4 rings (SSSR count). The molecule has 0 radical (unpaired) electrons. The van der Waals surface area contributed by atoms with Crippen molar-refractivity contribution in [3.8, 4) is 22.8 Å². The summed E-state index contributed by atoms with van der Waals surface area (Å²) in [6.07, 6.45) is -2.82. The standard InChI is InChI=1S/C26H22F4N2O5/c1-3-36-22-9-4-15(14-31-22)18-7-5-16(12-19(18)23(33)35-2)32-24(34)25(10-11-25)20-8-6-17(13-21(20)27)37-26(28,29)30/h4-9,12-14H,3,10-11H2,1-2H3,(H,32,34). The second kappa shape index (κ2) is 10.1. The molecular formula is C26H22F4N2O5. The first-order valence-corrected chi connectivity index (χ1v) is 11.2. The number of halogens is 4. The molecule has 0 atom stereocenters. The number of alkyl halides is 3. The van der Waals surface area contributed by atoms with E-state index in [9.17, 15) is 27.2 Å². The number of aromatic nitrogens is 1. The molecule has 1 fully saturated rings. The molecular weight excluding hydrogens is 496 g/mol. The molecule has 1 N–H and O–H groups in total. The first-order chi connectivity index (χ1) is 17.6. The van der Waals surface area contributed by atoms with Crippen LogP contribution in [0.5, 0.6) is 11.6 Å². The summed E-state index contributed by atoms with van der Waals surface area (Å²) in [5.41, 5.74) is 0.262. The van der Waals surface area contributed by atoms with Gasteiger partial charge in [0.15, 0.2) is 0 Å². The number of rotatable bonds is 8. The molecule has 1 heterocycles. The van der Waals surface area contributed by atoms with Crippen molar-refractivity contribution >= 4 is 17.6 Å². The van der Waals surface area contributed by atoms with E-state index in [4.69, 9.17) is 9.47 Å². The van der Waals surface area contributed by atoms with E-state index in [0.717, 1.165) is 12.1 Å². The molecule has 1 amide bonds. The van der Waals surface area contributed by atoms with E-state index < -0.39 is 35.2 Å². The van der Waals surface area contributed by atoms with Gasteiger partial charge in [-0.25, -0.2) is 14.2 Å².